The Morgan fingerprint density at radius 3 is 2.02 bits per heavy atom. The monoisotopic (exact) mass is 665 g/mol. The molecule has 10 heteroatoms. The van der Waals surface area contributed by atoms with Gasteiger partial charge < -0.3 is 22.1 Å². The SMILES string of the molecule is Cc1cc2ncccc2o1.Cc1ccc2occc2n1.Cc1ccnc2ccoc12.Cc1cnc2ccoc2c1.Cc1coc2cccnc12. The fourth-order valence-corrected chi connectivity index (χ4v) is 4.89. The summed E-state index contributed by atoms with van der Waals surface area (Å²) < 4.78 is 25.9. The minimum absolute atomic E-state index is 0.852. The molecule has 0 saturated heterocycles. The van der Waals surface area contributed by atoms with Crippen LogP contribution in [0.1, 0.15) is 28.1 Å². The zero-order valence-electron chi connectivity index (χ0n) is 28.3. The number of pyridine rings is 5. The van der Waals surface area contributed by atoms with Gasteiger partial charge in [-0.25, -0.2) is 4.98 Å². The topological polar surface area (TPSA) is 130 Å². The van der Waals surface area contributed by atoms with Crippen molar-refractivity contribution >= 4 is 55.5 Å². The lowest BCUT2D eigenvalue weighted by atomic mass is 10.3. The third-order valence-electron chi connectivity index (χ3n) is 7.34. The van der Waals surface area contributed by atoms with Crippen LogP contribution in [0.2, 0.25) is 0 Å². The molecule has 0 aliphatic carbocycles. The van der Waals surface area contributed by atoms with E-state index < -0.39 is 0 Å². The molecule has 0 N–H and O–H groups in total. The van der Waals surface area contributed by atoms with Gasteiger partial charge >= 0.3 is 0 Å². The molecule has 10 heterocycles. The van der Waals surface area contributed by atoms with Gasteiger partial charge in [-0.1, -0.05) is 0 Å². The van der Waals surface area contributed by atoms with E-state index in [9.17, 15) is 0 Å². The van der Waals surface area contributed by atoms with Crippen molar-refractivity contribution in [3.05, 3.63) is 151 Å². The van der Waals surface area contributed by atoms with E-state index in [1.54, 1.807) is 43.6 Å². The van der Waals surface area contributed by atoms with E-state index in [-0.39, 0.29) is 0 Å². The largest absolute Gasteiger partial charge is 0.463 e. The molecule has 0 bridgehead atoms. The smallest absolute Gasteiger partial charge is 0.155 e. The highest BCUT2D eigenvalue weighted by molar-refractivity contribution is 5.76. The molecule has 0 radical (unpaired) electrons. The number of aryl methyl sites for hydroxylation is 5. The zero-order chi connectivity index (χ0) is 34.9. The van der Waals surface area contributed by atoms with Gasteiger partial charge in [0.2, 0.25) is 0 Å². The second kappa shape index (κ2) is 15.6. The van der Waals surface area contributed by atoms with Crippen molar-refractivity contribution < 1.29 is 22.1 Å². The Balaban J connectivity index is 0.000000108. The predicted molar refractivity (Wildman–Crippen MR) is 194 cm³/mol. The van der Waals surface area contributed by atoms with Crippen molar-refractivity contribution in [2.75, 3.05) is 0 Å². The Morgan fingerprint density at radius 1 is 0.500 bits per heavy atom. The molecule has 0 saturated carbocycles. The summed E-state index contributed by atoms with van der Waals surface area (Å²) in [5.41, 5.74) is 13.4. The van der Waals surface area contributed by atoms with E-state index >= 15 is 0 Å². The summed E-state index contributed by atoms with van der Waals surface area (Å²) >= 11 is 0. The average molecular weight is 666 g/mol. The number of hydrogen-bond acceptors (Lipinski definition) is 10. The van der Waals surface area contributed by atoms with Gasteiger partial charge in [0.1, 0.15) is 33.3 Å². The lowest BCUT2D eigenvalue weighted by Gasteiger charge is -1.89. The number of fused-ring (bicyclic) bond motifs is 5. The van der Waals surface area contributed by atoms with Crippen LogP contribution in [0.3, 0.4) is 0 Å². The Morgan fingerprint density at radius 2 is 1.22 bits per heavy atom. The van der Waals surface area contributed by atoms with Crippen molar-refractivity contribution in [3.8, 4) is 0 Å². The van der Waals surface area contributed by atoms with E-state index in [0.717, 1.165) is 83.6 Å². The predicted octanol–water partition coefficient (Wildman–Crippen LogP) is 10.7. The molecule has 0 fully saturated rings. The summed E-state index contributed by atoms with van der Waals surface area (Å²) in [4.78, 5) is 20.8. The Labute approximate surface area is 287 Å². The van der Waals surface area contributed by atoms with E-state index in [1.165, 1.54) is 0 Å². The van der Waals surface area contributed by atoms with Gasteiger partial charge in [-0.3, -0.25) is 19.9 Å². The van der Waals surface area contributed by atoms with Crippen molar-refractivity contribution in [1.82, 2.24) is 24.9 Å². The number of hydrogen-bond donors (Lipinski definition) is 0. The first-order valence-corrected chi connectivity index (χ1v) is 15.8. The van der Waals surface area contributed by atoms with Crippen molar-refractivity contribution in [2.24, 2.45) is 0 Å². The Kier molecular flexibility index (Phi) is 10.4. The second-order valence-corrected chi connectivity index (χ2v) is 11.3. The lowest BCUT2D eigenvalue weighted by Crippen LogP contribution is -1.76. The molecule has 0 unspecified atom stereocenters. The van der Waals surface area contributed by atoms with Crippen LogP contribution >= 0.6 is 0 Å². The number of nitrogens with zero attached hydrogens (tertiary/aromatic N) is 5. The van der Waals surface area contributed by atoms with Gasteiger partial charge in [-0.15, -0.1) is 0 Å². The van der Waals surface area contributed by atoms with Crippen molar-refractivity contribution in [2.45, 2.75) is 34.6 Å². The highest BCUT2D eigenvalue weighted by atomic mass is 16.3. The highest BCUT2D eigenvalue weighted by Gasteiger charge is 2.00. The summed E-state index contributed by atoms with van der Waals surface area (Å²) in [5.74, 6) is 0.911. The standard InChI is InChI=1S/5C8H7NO/c1-6-2-4-9-7-3-5-10-8(6)7;1-6-4-8-7(9-5-6)2-3-10-8;1-6-2-3-8-7(9-6)4-5-10-8;1-6-5-7-8(10-6)3-2-4-9-7;1-6-5-10-7-3-2-4-9-8(6)7/h5*2-5H,1H3. The maximum atomic E-state index is 5.31. The fraction of sp³-hybridized carbons (Fsp3) is 0.125. The van der Waals surface area contributed by atoms with Crippen LogP contribution in [-0.4, -0.2) is 24.9 Å². The zero-order valence-corrected chi connectivity index (χ0v) is 28.3. The van der Waals surface area contributed by atoms with E-state index in [0.29, 0.717) is 0 Å². The van der Waals surface area contributed by atoms with Crippen LogP contribution in [0.5, 0.6) is 0 Å². The number of aromatic nitrogens is 5. The fourth-order valence-electron chi connectivity index (χ4n) is 4.89. The van der Waals surface area contributed by atoms with Gasteiger partial charge in [-0.2, -0.15) is 0 Å². The minimum atomic E-state index is 0.852. The molecule has 10 aromatic heterocycles. The molecule has 10 rings (SSSR count). The van der Waals surface area contributed by atoms with Gasteiger partial charge in [0.25, 0.3) is 0 Å². The molecule has 10 nitrogen and oxygen atoms in total. The summed E-state index contributed by atoms with van der Waals surface area (Å²) in [6.07, 6.45) is 13.8. The maximum Gasteiger partial charge on any atom is 0.155 e. The van der Waals surface area contributed by atoms with E-state index in [2.05, 4.69) is 24.9 Å². The van der Waals surface area contributed by atoms with E-state index in [1.807, 2.05) is 114 Å². The first-order valence-electron chi connectivity index (χ1n) is 15.8. The molecule has 0 amide bonds. The average Bonchev–Trinajstić information content (AvgIpc) is 3.97. The molecule has 0 atom stereocenters. The van der Waals surface area contributed by atoms with Crippen LogP contribution in [0.4, 0.5) is 0 Å². The van der Waals surface area contributed by atoms with Gasteiger partial charge in [-0.05, 0) is 94.3 Å². The van der Waals surface area contributed by atoms with Crippen molar-refractivity contribution in [1.29, 1.82) is 0 Å². The molecule has 250 valence electrons. The van der Waals surface area contributed by atoms with Crippen molar-refractivity contribution in [3.63, 3.8) is 0 Å². The third kappa shape index (κ3) is 8.29. The summed E-state index contributed by atoms with van der Waals surface area (Å²) in [6, 6.07) is 22.8. The summed E-state index contributed by atoms with van der Waals surface area (Å²) in [6.45, 7) is 9.87. The number of rotatable bonds is 0. The summed E-state index contributed by atoms with van der Waals surface area (Å²) in [7, 11) is 0. The maximum absolute atomic E-state index is 5.31. The minimum Gasteiger partial charge on any atom is -0.463 e. The van der Waals surface area contributed by atoms with E-state index in [4.69, 9.17) is 22.1 Å². The molecule has 50 heavy (non-hydrogen) atoms. The van der Waals surface area contributed by atoms with Gasteiger partial charge in [0, 0.05) is 60.3 Å². The molecule has 0 aromatic carbocycles. The third-order valence-corrected chi connectivity index (χ3v) is 7.34. The van der Waals surface area contributed by atoms with Crippen LogP contribution in [0, 0.1) is 34.6 Å². The molecular formula is C40H35N5O5. The second-order valence-electron chi connectivity index (χ2n) is 11.3. The molecular weight excluding hydrogens is 630 g/mol. The lowest BCUT2D eigenvalue weighted by molar-refractivity contribution is 0.578. The number of furan rings is 5. The highest BCUT2D eigenvalue weighted by Crippen LogP contribution is 2.18. The van der Waals surface area contributed by atoms with Crippen LogP contribution < -0.4 is 0 Å². The molecule has 0 aliphatic heterocycles. The van der Waals surface area contributed by atoms with Gasteiger partial charge in [0.15, 0.2) is 27.9 Å². The summed E-state index contributed by atoms with van der Waals surface area (Å²) in [5, 5.41) is 0. The normalized spacial score (nSPS) is 10.5. The first-order chi connectivity index (χ1) is 24.3. The Hall–Kier alpha value is -6.55. The van der Waals surface area contributed by atoms with Crippen LogP contribution in [-0.2, 0) is 0 Å². The molecule has 0 spiro atoms. The first kappa shape index (κ1) is 33.4. The van der Waals surface area contributed by atoms with Crippen LogP contribution in [0.15, 0.2) is 145 Å². The van der Waals surface area contributed by atoms with Gasteiger partial charge in [0.05, 0.1) is 25.1 Å². The van der Waals surface area contributed by atoms with Crippen LogP contribution in [0.25, 0.3) is 55.5 Å². The Bertz CT molecular complexity index is 2470. The molecule has 10 aromatic rings. The molecule has 0 aliphatic rings. The quantitative estimate of drug-likeness (QED) is 0.154.